The van der Waals surface area contributed by atoms with E-state index in [-0.39, 0.29) is 18.1 Å². The summed E-state index contributed by atoms with van der Waals surface area (Å²) in [5.74, 6) is 0.0875. The molecule has 0 aliphatic carbocycles. The van der Waals surface area contributed by atoms with Gasteiger partial charge in [-0.05, 0) is 35.9 Å². The lowest BCUT2D eigenvalue weighted by Gasteiger charge is -2.35. The number of aromatic nitrogens is 3. The van der Waals surface area contributed by atoms with Crippen LogP contribution in [0.5, 0.6) is 0 Å². The van der Waals surface area contributed by atoms with Crippen LogP contribution < -0.4 is 15.1 Å². The van der Waals surface area contributed by atoms with E-state index in [1.807, 2.05) is 17.0 Å². The summed E-state index contributed by atoms with van der Waals surface area (Å²) in [4.78, 5) is 41.7. The summed E-state index contributed by atoms with van der Waals surface area (Å²) >= 11 is 0. The zero-order valence-electron chi connectivity index (χ0n) is 20.4. The van der Waals surface area contributed by atoms with E-state index < -0.39 is 17.8 Å². The second kappa shape index (κ2) is 10.8. The Morgan fingerprint density at radius 3 is 2.30 bits per heavy atom. The summed E-state index contributed by atoms with van der Waals surface area (Å²) in [5.41, 5.74) is 1.35. The van der Waals surface area contributed by atoms with Crippen LogP contribution in [0.4, 0.5) is 30.4 Å². The Morgan fingerprint density at radius 2 is 1.70 bits per heavy atom. The van der Waals surface area contributed by atoms with Crippen molar-refractivity contribution in [1.29, 1.82) is 0 Å². The maximum atomic E-state index is 12.8. The van der Waals surface area contributed by atoms with Crippen LogP contribution in [-0.4, -0.2) is 64.9 Å². The molecule has 1 aliphatic rings. The van der Waals surface area contributed by atoms with E-state index in [0.29, 0.717) is 30.2 Å². The van der Waals surface area contributed by atoms with E-state index in [1.165, 1.54) is 24.7 Å². The molecule has 2 aromatic heterocycles. The second-order valence-electron chi connectivity index (χ2n) is 8.66. The first-order valence-corrected chi connectivity index (χ1v) is 11.6. The number of carbonyl (C=O) groups excluding carboxylic acids is 2. The molecule has 0 unspecified atom stereocenters. The molecule has 4 rings (SSSR count). The Morgan fingerprint density at radius 1 is 1.00 bits per heavy atom. The lowest BCUT2D eigenvalue weighted by atomic mass is 10.2. The summed E-state index contributed by atoms with van der Waals surface area (Å²) in [7, 11) is 1.71. The van der Waals surface area contributed by atoms with E-state index in [2.05, 4.69) is 25.2 Å². The molecule has 1 N–H and O–H groups in total. The Bertz CT molecular complexity index is 1240. The van der Waals surface area contributed by atoms with Crippen LogP contribution in [-0.2, 0) is 17.5 Å². The van der Waals surface area contributed by atoms with Crippen LogP contribution in [0.2, 0.25) is 0 Å². The van der Waals surface area contributed by atoms with Gasteiger partial charge >= 0.3 is 6.18 Å². The van der Waals surface area contributed by atoms with E-state index in [4.69, 9.17) is 0 Å². The molecule has 0 radical (unpaired) electrons. The van der Waals surface area contributed by atoms with Crippen LogP contribution in [0.15, 0.2) is 55.0 Å². The Balaban J connectivity index is 1.35. The van der Waals surface area contributed by atoms with Gasteiger partial charge < -0.3 is 20.0 Å². The first-order chi connectivity index (χ1) is 17.6. The van der Waals surface area contributed by atoms with Crippen LogP contribution in [0.25, 0.3) is 0 Å². The summed E-state index contributed by atoms with van der Waals surface area (Å²) < 4.78 is 38.2. The van der Waals surface area contributed by atoms with Crippen molar-refractivity contribution in [2.45, 2.75) is 19.6 Å². The minimum absolute atomic E-state index is 0.0772. The van der Waals surface area contributed by atoms with Gasteiger partial charge in [0.05, 0.1) is 0 Å². The molecular weight excluding hydrogens is 487 g/mol. The molecule has 12 heteroatoms. The number of carbonyl (C=O) groups is 2. The van der Waals surface area contributed by atoms with Crippen LogP contribution in [0.1, 0.15) is 28.7 Å². The second-order valence-corrected chi connectivity index (χ2v) is 8.66. The standard InChI is InChI=1S/C25H26F3N7O2/c1-17(36)34-9-11-35(12-10-34)20-6-4-19(5-7-20)32-24(37)21-13-23(31-16-30-21)33(2)15-18-3-8-22(29-14-18)25(26,27)28/h3-8,13-14,16H,9-12,15H2,1-2H3,(H,32,37). The molecule has 9 nitrogen and oxygen atoms in total. The maximum absolute atomic E-state index is 12.8. The number of anilines is 3. The van der Waals surface area contributed by atoms with Crippen LogP contribution in [0.3, 0.4) is 0 Å². The number of nitrogens with zero attached hydrogens (tertiary/aromatic N) is 6. The fourth-order valence-corrected chi connectivity index (χ4v) is 3.95. The van der Waals surface area contributed by atoms with Gasteiger partial charge in [-0.2, -0.15) is 13.2 Å². The minimum atomic E-state index is -4.49. The molecule has 1 saturated heterocycles. The number of halogens is 3. The predicted molar refractivity (Wildman–Crippen MR) is 132 cm³/mol. The van der Waals surface area contributed by atoms with E-state index >= 15 is 0 Å². The summed E-state index contributed by atoms with van der Waals surface area (Å²) in [5, 5.41) is 2.81. The van der Waals surface area contributed by atoms with Gasteiger partial charge in [0, 0.05) is 70.3 Å². The molecule has 2 amide bonds. The van der Waals surface area contributed by atoms with Crippen molar-refractivity contribution in [3.05, 3.63) is 71.9 Å². The number of hydrogen-bond acceptors (Lipinski definition) is 7. The molecule has 0 atom stereocenters. The van der Waals surface area contributed by atoms with E-state index in [9.17, 15) is 22.8 Å². The minimum Gasteiger partial charge on any atom is -0.368 e. The number of rotatable bonds is 6. The average Bonchev–Trinajstić information content (AvgIpc) is 2.89. The molecule has 194 valence electrons. The number of benzene rings is 1. The van der Waals surface area contributed by atoms with Crippen molar-refractivity contribution in [2.75, 3.05) is 48.3 Å². The van der Waals surface area contributed by atoms with Crippen molar-refractivity contribution in [3.8, 4) is 0 Å². The summed E-state index contributed by atoms with van der Waals surface area (Å²) in [6.45, 7) is 4.64. The Labute approximate surface area is 211 Å². The lowest BCUT2D eigenvalue weighted by Crippen LogP contribution is -2.48. The van der Waals surface area contributed by atoms with E-state index in [0.717, 1.165) is 24.8 Å². The monoisotopic (exact) mass is 513 g/mol. The summed E-state index contributed by atoms with van der Waals surface area (Å²) in [6.07, 6.45) is -2.07. The van der Waals surface area contributed by atoms with Crippen molar-refractivity contribution < 1.29 is 22.8 Å². The number of amides is 2. The topological polar surface area (TPSA) is 94.6 Å². The highest BCUT2D eigenvalue weighted by Crippen LogP contribution is 2.27. The SMILES string of the molecule is CC(=O)N1CCN(c2ccc(NC(=O)c3cc(N(C)Cc4ccc(C(F)(F)F)nc4)ncn3)cc2)CC1. The molecule has 1 aromatic carbocycles. The quantitative estimate of drug-likeness (QED) is 0.540. The molecule has 0 saturated carbocycles. The fourth-order valence-electron chi connectivity index (χ4n) is 3.95. The third-order valence-corrected chi connectivity index (χ3v) is 6.03. The highest BCUT2D eigenvalue weighted by molar-refractivity contribution is 6.03. The van der Waals surface area contributed by atoms with Gasteiger partial charge in [0.25, 0.3) is 5.91 Å². The smallest absolute Gasteiger partial charge is 0.368 e. The first kappa shape index (κ1) is 25.9. The molecule has 3 aromatic rings. The fraction of sp³-hybridized carbons (Fsp3) is 0.320. The third-order valence-electron chi connectivity index (χ3n) is 6.03. The summed E-state index contributed by atoms with van der Waals surface area (Å²) in [6, 6.07) is 11.2. The van der Waals surface area contributed by atoms with Crippen molar-refractivity contribution >= 4 is 29.0 Å². The number of hydrogen-bond donors (Lipinski definition) is 1. The van der Waals surface area contributed by atoms with Crippen molar-refractivity contribution in [1.82, 2.24) is 19.9 Å². The van der Waals surface area contributed by atoms with E-state index in [1.54, 1.807) is 31.0 Å². The molecule has 1 fully saturated rings. The molecule has 37 heavy (non-hydrogen) atoms. The van der Waals surface area contributed by atoms with Crippen molar-refractivity contribution in [2.24, 2.45) is 0 Å². The van der Waals surface area contributed by atoms with Gasteiger partial charge in [-0.1, -0.05) is 6.07 Å². The number of nitrogens with one attached hydrogen (secondary N) is 1. The predicted octanol–water partition coefficient (Wildman–Crippen LogP) is 3.45. The highest BCUT2D eigenvalue weighted by atomic mass is 19.4. The largest absolute Gasteiger partial charge is 0.433 e. The molecule has 0 spiro atoms. The van der Waals surface area contributed by atoms with Crippen molar-refractivity contribution in [3.63, 3.8) is 0 Å². The lowest BCUT2D eigenvalue weighted by molar-refractivity contribution is -0.141. The molecule has 1 aliphatic heterocycles. The third kappa shape index (κ3) is 6.51. The number of pyridine rings is 1. The Hall–Kier alpha value is -4.22. The van der Waals surface area contributed by atoms with Gasteiger partial charge in [-0.15, -0.1) is 0 Å². The van der Waals surface area contributed by atoms with Gasteiger partial charge in [-0.3, -0.25) is 14.6 Å². The van der Waals surface area contributed by atoms with Crippen LogP contribution >= 0.6 is 0 Å². The number of alkyl halides is 3. The first-order valence-electron chi connectivity index (χ1n) is 11.6. The normalized spacial score (nSPS) is 13.9. The van der Waals surface area contributed by atoms with Gasteiger partial charge in [0.1, 0.15) is 23.5 Å². The molecular formula is C25H26F3N7O2. The van der Waals surface area contributed by atoms with Gasteiger partial charge in [0.2, 0.25) is 5.91 Å². The van der Waals surface area contributed by atoms with Crippen LogP contribution in [0, 0.1) is 0 Å². The number of piperazine rings is 1. The zero-order chi connectivity index (χ0) is 26.6. The average molecular weight is 514 g/mol. The van der Waals surface area contributed by atoms with Gasteiger partial charge in [0.15, 0.2) is 0 Å². The maximum Gasteiger partial charge on any atom is 0.433 e. The molecule has 0 bridgehead atoms. The molecule has 3 heterocycles. The van der Waals surface area contributed by atoms with Gasteiger partial charge in [-0.25, -0.2) is 9.97 Å². The zero-order valence-corrected chi connectivity index (χ0v) is 20.4. The Kier molecular flexibility index (Phi) is 7.55. The highest BCUT2D eigenvalue weighted by Gasteiger charge is 2.32.